The fraction of sp³-hybridized carbons (Fsp3) is 0.316. The third-order valence-corrected chi connectivity index (χ3v) is 5.11. The summed E-state index contributed by atoms with van der Waals surface area (Å²) in [5.74, 6) is 1.53. The number of aliphatic hydroxyl groups is 1. The molecule has 1 aliphatic rings. The zero-order chi connectivity index (χ0) is 20.9. The number of hydrogen-bond acceptors (Lipinski definition) is 9. The van der Waals surface area contributed by atoms with Crippen molar-refractivity contribution in [3.05, 3.63) is 36.0 Å². The molecule has 0 spiro atoms. The summed E-state index contributed by atoms with van der Waals surface area (Å²) in [7, 11) is 0. The number of aromatic amines is 1. The van der Waals surface area contributed by atoms with Crippen LogP contribution in [0.25, 0.3) is 0 Å². The van der Waals surface area contributed by atoms with E-state index >= 15 is 0 Å². The van der Waals surface area contributed by atoms with Crippen LogP contribution in [0.2, 0.25) is 0 Å². The van der Waals surface area contributed by atoms with Crippen molar-refractivity contribution < 1.29 is 9.90 Å². The van der Waals surface area contributed by atoms with Gasteiger partial charge in [-0.2, -0.15) is 20.1 Å². The first kappa shape index (κ1) is 20.1. The molecule has 0 bridgehead atoms. The molecule has 5 N–H and O–H groups in total. The lowest BCUT2D eigenvalue weighted by Crippen LogP contribution is -2.13. The minimum atomic E-state index is -0.0382. The number of H-pyrrole nitrogens is 1. The average Bonchev–Trinajstić information content (AvgIpc) is 3.51. The quantitative estimate of drug-likeness (QED) is 0.349. The van der Waals surface area contributed by atoms with E-state index < -0.39 is 0 Å². The maximum Gasteiger partial charge on any atom is 0.234 e. The summed E-state index contributed by atoms with van der Waals surface area (Å²) in [6.45, 7) is 2.19. The summed E-state index contributed by atoms with van der Waals surface area (Å²) in [6.07, 6.45) is 1.94. The van der Waals surface area contributed by atoms with Crippen molar-refractivity contribution in [3.63, 3.8) is 0 Å². The Morgan fingerprint density at radius 1 is 1.20 bits per heavy atom. The molecule has 3 aromatic rings. The number of aromatic nitrogens is 5. The van der Waals surface area contributed by atoms with Gasteiger partial charge in [0.05, 0.1) is 6.61 Å². The molecule has 30 heavy (non-hydrogen) atoms. The van der Waals surface area contributed by atoms with E-state index in [0.717, 1.165) is 29.1 Å². The van der Waals surface area contributed by atoms with Crippen molar-refractivity contribution in [3.8, 4) is 0 Å². The van der Waals surface area contributed by atoms with Crippen molar-refractivity contribution in [2.45, 2.75) is 29.8 Å². The zero-order valence-corrected chi connectivity index (χ0v) is 17.2. The number of nitrogens with zero attached hydrogens (tertiary/aromatic N) is 4. The Kier molecular flexibility index (Phi) is 6.10. The maximum absolute atomic E-state index is 11.9. The van der Waals surface area contributed by atoms with E-state index in [9.17, 15) is 4.79 Å². The number of aryl methyl sites for hydroxylation is 1. The molecule has 2 heterocycles. The van der Waals surface area contributed by atoms with E-state index in [1.54, 1.807) is 0 Å². The number of anilines is 4. The van der Waals surface area contributed by atoms with Gasteiger partial charge in [0.1, 0.15) is 0 Å². The molecule has 0 radical (unpaired) electrons. The minimum absolute atomic E-state index is 0.0382. The smallest absolute Gasteiger partial charge is 0.234 e. The first-order valence-electron chi connectivity index (χ1n) is 9.57. The fourth-order valence-corrected chi connectivity index (χ4v) is 3.35. The highest BCUT2D eigenvalue weighted by Gasteiger charge is 2.29. The lowest BCUT2D eigenvalue weighted by molar-refractivity contribution is -0.117. The lowest BCUT2D eigenvalue weighted by Gasteiger charge is -2.09. The van der Waals surface area contributed by atoms with Gasteiger partial charge in [-0.05, 0) is 55.8 Å². The van der Waals surface area contributed by atoms with Crippen molar-refractivity contribution in [2.24, 2.45) is 5.92 Å². The monoisotopic (exact) mass is 426 g/mol. The Balaban J connectivity index is 1.48. The van der Waals surface area contributed by atoms with Gasteiger partial charge < -0.3 is 21.1 Å². The first-order valence-corrected chi connectivity index (χ1v) is 10.4. The largest absolute Gasteiger partial charge is 0.395 e. The molecule has 1 amide bonds. The molecular formula is C19H22N8O2S. The van der Waals surface area contributed by atoms with Crippen LogP contribution in [0, 0.1) is 12.8 Å². The number of aliphatic hydroxyl groups excluding tert-OH is 1. The minimum Gasteiger partial charge on any atom is -0.395 e. The normalized spacial score (nSPS) is 13.1. The SMILES string of the molecule is Cc1cc(Nc2nc(NCCO)nc(Sc3ccc(NC(=O)C4CC4)cc3)n2)n[nH]1. The van der Waals surface area contributed by atoms with E-state index in [-0.39, 0.29) is 18.4 Å². The van der Waals surface area contributed by atoms with Crippen molar-refractivity contribution in [1.29, 1.82) is 0 Å². The van der Waals surface area contributed by atoms with Crippen LogP contribution in [-0.2, 0) is 4.79 Å². The Hall–Kier alpha value is -3.18. The number of carbonyl (C=O) groups excluding carboxylic acids is 1. The van der Waals surface area contributed by atoms with Crippen LogP contribution in [0.1, 0.15) is 18.5 Å². The molecule has 11 heteroatoms. The van der Waals surface area contributed by atoms with Gasteiger partial charge in [0.25, 0.3) is 0 Å². The molecule has 1 fully saturated rings. The van der Waals surface area contributed by atoms with E-state index in [2.05, 4.69) is 41.1 Å². The van der Waals surface area contributed by atoms with E-state index in [0.29, 0.717) is 29.4 Å². The topological polar surface area (TPSA) is 141 Å². The number of hydrogen-bond donors (Lipinski definition) is 5. The van der Waals surface area contributed by atoms with Crippen LogP contribution in [0.5, 0.6) is 0 Å². The van der Waals surface area contributed by atoms with Crippen LogP contribution in [-0.4, -0.2) is 49.3 Å². The number of amides is 1. The summed E-state index contributed by atoms with van der Waals surface area (Å²) in [5, 5.41) is 25.5. The highest BCUT2D eigenvalue weighted by Crippen LogP contribution is 2.31. The van der Waals surface area contributed by atoms with Gasteiger partial charge in [-0.1, -0.05) is 0 Å². The van der Waals surface area contributed by atoms with E-state index in [1.807, 2.05) is 37.3 Å². The standard InChI is InChI=1S/C19H22N8O2S/c1-11-10-15(27-26-11)22-18-23-17(20-8-9-28)24-19(25-18)30-14-6-4-13(5-7-14)21-16(29)12-2-3-12/h4-7,10,12,28H,2-3,8-9H2,1H3,(H,21,29)(H3,20,22,23,24,25,26,27). The number of rotatable bonds is 9. The maximum atomic E-state index is 11.9. The Morgan fingerprint density at radius 2 is 1.97 bits per heavy atom. The van der Waals surface area contributed by atoms with Crippen LogP contribution in [0.4, 0.5) is 23.4 Å². The van der Waals surface area contributed by atoms with Crippen molar-refractivity contribution >= 4 is 41.1 Å². The Bertz CT molecular complexity index is 1020. The van der Waals surface area contributed by atoms with Gasteiger partial charge >= 0.3 is 0 Å². The van der Waals surface area contributed by atoms with Crippen LogP contribution in [0.3, 0.4) is 0 Å². The highest BCUT2D eigenvalue weighted by atomic mass is 32.2. The summed E-state index contributed by atoms with van der Waals surface area (Å²) < 4.78 is 0. The summed E-state index contributed by atoms with van der Waals surface area (Å²) in [5.41, 5.74) is 1.68. The molecule has 10 nitrogen and oxygen atoms in total. The number of nitrogens with one attached hydrogen (secondary N) is 4. The third kappa shape index (κ3) is 5.45. The zero-order valence-electron chi connectivity index (χ0n) is 16.3. The molecular weight excluding hydrogens is 404 g/mol. The number of benzene rings is 1. The second-order valence-corrected chi connectivity index (χ2v) is 7.91. The third-order valence-electron chi connectivity index (χ3n) is 4.23. The summed E-state index contributed by atoms with van der Waals surface area (Å²) in [4.78, 5) is 26.0. The van der Waals surface area contributed by atoms with Crippen LogP contribution < -0.4 is 16.0 Å². The first-order chi connectivity index (χ1) is 14.6. The van der Waals surface area contributed by atoms with Crippen LogP contribution in [0.15, 0.2) is 40.4 Å². The van der Waals surface area contributed by atoms with Crippen LogP contribution >= 0.6 is 11.8 Å². The Labute approximate surface area is 177 Å². The predicted octanol–water partition coefficient (Wildman–Crippen LogP) is 2.55. The molecule has 4 rings (SSSR count). The van der Waals surface area contributed by atoms with Gasteiger partial charge in [0.15, 0.2) is 11.0 Å². The van der Waals surface area contributed by atoms with E-state index in [1.165, 1.54) is 11.8 Å². The molecule has 0 atom stereocenters. The second-order valence-electron chi connectivity index (χ2n) is 6.87. The number of carbonyl (C=O) groups is 1. The van der Waals surface area contributed by atoms with Gasteiger partial charge in [-0.15, -0.1) is 0 Å². The average molecular weight is 427 g/mol. The predicted molar refractivity (Wildman–Crippen MR) is 114 cm³/mol. The summed E-state index contributed by atoms with van der Waals surface area (Å²) >= 11 is 1.37. The second kappa shape index (κ2) is 9.09. The molecule has 1 saturated carbocycles. The van der Waals surface area contributed by atoms with Crippen molar-refractivity contribution in [1.82, 2.24) is 25.1 Å². The fourth-order valence-electron chi connectivity index (χ4n) is 2.60. The van der Waals surface area contributed by atoms with Gasteiger partial charge in [0.2, 0.25) is 17.8 Å². The molecule has 1 aromatic carbocycles. The van der Waals surface area contributed by atoms with Crippen molar-refractivity contribution in [2.75, 3.05) is 29.1 Å². The molecule has 156 valence electrons. The van der Waals surface area contributed by atoms with Gasteiger partial charge in [0, 0.05) is 34.8 Å². The molecule has 2 aromatic heterocycles. The molecule has 0 saturated heterocycles. The lowest BCUT2D eigenvalue weighted by atomic mass is 10.3. The molecule has 0 aliphatic heterocycles. The Morgan fingerprint density at radius 3 is 2.63 bits per heavy atom. The van der Waals surface area contributed by atoms with E-state index in [4.69, 9.17) is 5.11 Å². The highest BCUT2D eigenvalue weighted by molar-refractivity contribution is 7.99. The molecule has 0 unspecified atom stereocenters. The summed E-state index contributed by atoms with van der Waals surface area (Å²) in [6, 6.07) is 9.37. The van der Waals surface area contributed by atoms with Gasteiger partial charge in [-0.25, -0.2) is 0 Å². The molecule has 1 aliphatic carbocycles. The van der Waals surface area contributed by atoms with Gasteiger partial charge in [-0.3, -0.25) is 9.89 Å².